The van der Waals surface area contributed by atoms with E-state index in [-0.39, 0.29) is 17.1 Å². The van der Waals surface area contributed by atoms with Crippen LogP contribution in [0.25, 0.3) is 0 Å². The summed E-state index contributed by atoms with van der Waals surface area (Å²) in [4.78, 5) is 23.2. The third-order valence-corrected chi connectivity index (χ3v) is 3.57. The van der Waals surface area contributed by atoms with Crippen molar-refractivity contribution in [2.24, 2.45) is 0 Å². The molecule has 1 aromatic rings. The van der Waals surface area contributed by atoms with E-state index in [1.807, 2.05) is 0 Å². The summed E-state index contributed by atoms with van der Waals surface area (Å²) in [7, 11) is 2.21. The predicted molar refractivity (Wildman–Crippen MR) is 78.8 cm³/mol. The van der Waals surface area contributed by atoms with E-state index in [4.69, 9.17) is 9.47 Å². The van der Waals surface area contributed by atoms with Gasteiger partial charge in [0, 0.05) is 6.07 Å². The summed E-state index contributed by atoms with van der Waals surface area (Å²) in [5, 5.41) is 39.3. The van der Waals surface area contributed by atoms with E-state index >= 15 is 0 Å². The zero-order valence-corrected chi connectivity index (χ0v) is 13.4. The van der Waals surface area contributed by atoms with Gasteiger partial charge in [-0.1, -0.05) is 0 Å². The second kappa shape index (κ2) is 7.66. The lowest BCUT2D eigenvalue weighted by Crippen LogP contribution is -2.61. The van der Waals surface area contributed by atoms with Gasteiger partial charge >= 0.3 is 11.9 Å². The molecule has 1 aliphatic heterocycles. The van der Waals surface area contributed by atoms with Gasteiger partial charge in [0.2, 0.25) is 6.29 Å². The molecule has 0 bridgehead atoms. The molecule has 4 N–H and O–H groups in total. The van der Waals surface area contributed by atoms with Gasteiger partial charge in [-0.05, 0) is 12.1 Å². The zero-order chi connectivity index (χ0) is 18.7. The number of ether oxygens (including phenoxy) is 4. The molecule has 0 amide bonds. The fraction of sp³-hybridized carbons (Fsp3) is 0.467. The topological polar surface area (TPSA) is 152 Å². The number of phenols is 1. The normalized spacial score (nSPS) is 28.9. The minimum Gasteiger partial charge on any atom is -0.508 e. The van der Waals surface area contributed by atoms with Gasteiger partial charge in [0.25, 0.3) is 0 Å². The van der Waals surface area contributed by atoms with Gasteiger partial charge in [0.15, 0.2) is 6.10 Å². The maximum absolute atomic E-state index is 11.6. The summed E-state index contributed by atoms with van der Waals surface area (Å²) in [6.07, 6.45) is -8.35. The number of hydrogen-bond donors (Lipinski definition) is 4. The Bertz CT molecular complexity index is 645. The molecular formula is C15H18O10. The third-order valence-electron chi connectivity index (χ3n) is 3.57. The van der Waals surface area contributed by atoms with Crippen LogP contribution in [0.15, 0.2) is 18.2 Å². The third kappa shape index (κ3) is 3.99. The number of carbonyl (C=O) groups is 2. The Morgan fingerprint density at radius 2 is 1.68 bits per heavy atom. The summed E-state index contributed by atoms with van der Waals surface area (Å²) in [6.45, 7) is 0. The van der Waals surface area contributed by atoms with Crippen LogP contribution < -0.4 is 4.74 Å². The first-order chi connectivity index (χ1) is 11.8. The highest BCUT2D eigenvalue weighted by molar-refractivity contribution is 5.90. The number of aliphatic hydroxyl groups is 3. The van der Waals surface area contributed by atoms with E-state index in [9.17, 15) is 30.0 Å². The number of hydrogen-bond acceptors (Lipinski definition) is 10. The molecule has 0 saturated carbocycles. The molecule has 10 nitrogen and oxygen atoms in total. The number of carbonyl (C=O) groups excluding carboxylic acids is 2. The predicted octanol–water partition coefficient (Wildman–Crippen LogP) is -1.46. The molecule has 1 aliphatic rings. The van der Waals surface area contributed by atoms with Crippen molar-refractivity contribution in [1.29, 1.82) is 0 Å². The Hall–Kier alpha value is -2.40. The van der Waals surface area contributed by atoms with Crippen molar-refractivity contribution in [3.8, 4) is 11.5 Å². The molecule has 1 aromatic carbocycles. The van der Waals surface area contributed by atoms with Gasteiger partial charge in [-0.25, -0.2) is 9.59 Å². The molecule has 0 radical (unpaired) electrons. The van der Waals surface area contributed by atoms with Crippen LogP contribution in [0.5, 0.6) is 11.5 Å². The lowest BCUT2D eigenvalue weighted by atomic mass is 9.99. The highest BCUT2D eigenvalue weighted by atomic mass is 16.7. The largest absolute Gasteiger partial charge is 0.508 e. The van der Waals surface area contributed by atoms with E-state index < -0.39 is 42.6 Å². The molecule has 0 aliphatic carbocycles. The summed E-state index contributed by atoms with van der Waals surface area (Å²) >= 11 is 0. The summed E-state index contributed by atoms with van der Waals surface area (Å²) in [5.74, 6) is -2.14. The first-order valence-electron chi connectivity index (χ1n) is 7.15. The lowest BCUT2D eigenvalue weighted by molar-refractivity contribution is -0.271. The average molecular weight is 358 g/mol. The molecule has 1 fully saturated rings. The Kier molecular flexibility index (Phi) is 5.80. The number of aromatic hydroxyl groups is 1. The second-order valence-corrected chi connectivity index (χ2v) is 5.25. The van der Waals surface area contributed by atoms with Gasteiger partial charge in [-0.3, -0.25) is 0 Å². The minimum atomic E-state index is -1.75. The molecule has 25 heavy (non-hydrogen) atoms. The number of phenolic OH excluding ortho intramolecular Hbond substituents is 1. The van der Waals surface area contributed by atoms with Crippen molar-refractivity contribution in [1.82, 2.24) is 0 Å². The second-order valence-electron chi connectivity index (χ2n) is 5.25. The molecular weight excluding hydrogens is 340 g/mol. The maximum Gasteiger partial charge on any atom is 0.338 e. The van der Waals surface area contributed by atoms with Crippen LogP contribution >= 0.6 is 0 Å². The van der Waals surface area contributed by atoms with Gasteiger partial charge in [0.1, 0.15) is 29.8 Å². The first kappa shape index (κ1) is 18.9. The summed E-state index contributed by atoms with van der Waals surface area (Å²) < 4.78 is 19.4. The van der Waals surface area contributed by atoms with Gasteiger partial charge in [-0.2, -0.15) is 0 Å². The Morgan fingerprint density at radius 3 is 2.28 bits per heavy atom. The van der Waals surface area contributed by atoms with Gasteiger partial charge in [-0.15, -0.1) is 0 Å². The molecule has 138 valence electrons. The first-order valence-corrected chi connectivity index (χ1v) is 7.15. The van der Waals surface area contributed by atoms with Crippen LogP contribution in [0.2, 0.25) is 0 Å². The van der Waals surface area contributed by atoms with Crippen molar-refractivity contribution < 1.29 is 49.0 Å². The zero-order valence-electron chi connectivity index (χ0n) is 13.4. The van der Waals surface area contributed by atoms with Crippen LogP contribution in [-0.4, -0.2) is 77.3 Å². The molecule has 5 atom stereocenters. The van der Waals surface area contributed by atoms with Gasteiger partial charge in [0.05, 0.1) is 19.8 Å². The summed E-state index contributed by atoms with van der Waals surface area (Å²) in [6, 6.07) is 3.45. The fourth-order valence-electron chi connectivity index (χ4n) is 2.28. The average Bonchev–Trinajstić information content (AvgIpc) is 2.60. The molecule has 1 heterocycles. The number of aliphatic hydroxyl groups excluding tert-OH is 3. The number of methoxy groups -OCH3 is 2. The van der Waals surface area contributed by atoms with Crippen LogP contribution in [-0.2, 0) is 19.0 Å². The van der Waals surface area contributed by atoms with Crippen molar-refractivity contribution >= 4 is 11.9 Å². The van der Waals surface area contributed by atoms with Crippen LogP contribution in [0.1, 0.15) is 10.4 Å². The van der Waals surface area contributed by atoms with Crippen LogP contribution in [0, 0.1) is 0 Å². The molecule has 0 unspecified atom stereocenters. The quantitative estimate of drug-likeness (QED) is 0.470. The molecule has 1 saturated heterocycles. The van der Waals surface area contributed by atoms with E-state index in [1.165, 1.54) is 6.07 Å². The van der Waals surface area contributed by atoms with E-state index in [2.05, 4.69) is 9.47 Å². The van der Waals surface area contributed by atoms with Crippen molar-refractivity contribution in [3.05, 3.63) is 23.8 Å². The van der Waals surface area contributed by atoms with Crippen LogP contribution in [0.4, 0.5) is 0 Å². The van der Waals surface area contributed by atoms with E-state index in [0.29, 0.717) is 0 Å². The minimum absolute atomic E-state index is 0.0344. The SMILES string of the molecule is COC(=O)c1cc(O)cc(O[C@@H]2O[C@H](C(=O)OC)[C@@H](O)[C@H](O)[C@H]2O)c1. The van der Waals surface area contributed by atoms with Crippen molar-refractivity contribution in [3.63, 3.8) is 0 Å². The Morgan fingerprint density at radius 1 is 1.00 bits per heavy atom. The highest BCUT2D eigenvalue weighted by Gasteiger charge is 2.48. The summed E-state index contributed by atoms with van der Waals surface area (Å²) in [5.41, 5.74) is -0.0344. The van der Waals surface area contributed by atoms with Crippen LogP contribution in [0.3, 0.4) is 0 Å². The lowest BCUT2D eigenvalue weighted by Gasteiger charge is -2.38. The van der Waals surface area contributed by atoms with Gasteiger partial charge < -0.3 is 39.4 Å². The Labute approximate surface area is 142 Å². The Balaban J connectivity index is 2.24. The monoisotopic (exact) mass is 358 g/mol. The standard InChI is InChI=1S/C15H18O10/c1-22-13(20)6-3-7(16)5-8(4-6)24-15-11(19)9(17)10(18)12(25-15)14(21)23-2/h3-5,9-12,15-19H,1-2H3/t9-,10-,11+,12-,15+/m0/s1. The highest BCUT2D eigenvalue weighted by Crippen LogP contribution is 2.28. The number of benzene rings is 1. The molecule has 0 spiro atoms. The molecule has 2 rings (SSSR count). The van der Waals surface area contributed by atoms with Crippen molar-refractivity contribution in [2.75, 3.05) is 14.2 Å². The van der Waals surface area contributed by atoms with Crippen molar-refractivity contribution in [2.45, 2.75) is 30.7 Å². The van der Waals surface area contributed by atoms with E-state index in [0.717, 1.165) is 26.4 Å². The number of rotatable bonds is 4. The number of esters is 2. The molecule has 10 heteroatoms. The smallest absolute Gasteiger partial charge is 0.338 e. The molecule has 0 aromatic heterocycles. The maximum atomic E-state index is 11.6. The van der Waals surface area contributed by atoms with E-state index in [1.54, 1.807) is 0 Å². The fourth-order valence-corrected chi connectivity index (χ4v) is 2.28.